The number of hydrogen-bond acceptors (Lipinski definition) is 4. The van der Waals surface area contributed by atoms with E-state index in [4.69, 9.17) is 5.73 Å². The first-order valence-corrected chi connectivity index (χ1v) is 6.93. The van der Waals surface area contributed by atoms with Crippen LogP contribution in [0.2, 0.25) is 0 Å². The van der Waals surface area contributed by atoms with Crippen LogP contribution in [0, 0.1) is 11.8 Å². The van der Waals surface area contributed by atoms with Gasteiger partial charge in [-0.3, -0.25) is 4.79 Å². The number of aromatic nitrogens is 1. The van der Waals surface area contributed by atoms with Crippen LogP contribution in [-0.4, -0.2) is 28.4 Å². The molecule has 3 N–H and O–H groups in total. The van der Waals surface area contributed by atoms with Crippen molar-refractivity contribution < 1.29 is 4.79 Å². The van der Waals surface area contributed by atoms with E-state index < -0.39 is 0 Å². The summed E-state index contributed by atoms with van der Waals surface area (Å²) in [5.41, 5.74) is 5.93. The molecule has 0 aliphatic carbocycles. The number of carbonyl (C=O) groups is 1. The zero-order chi connectivity index (χ0) is 12.8. The van der Waals surface area contributed by atoms with Gasteiger partial charge in [-0.15, -0.1) is 11.8 Å². The van der Waals surface area contributed by atoms with Crippen LogP contribution in [0.25, 0.3) is 0 Å². The Morgan fingerprint density at radius 2 is 2.50 bits per heavy atom. The maximum atomic E-state index is 11.9. The minimum absolute atomic E-state index is 0.0361. The van der Waals surface area contributed by atoms with Gasteiger partial charge in [-0.2, -0.15) is 0 Å². The minimum atomic E-state index is 0.0361. The number of nitrogens with one attached hydrogen (secondary N) is 1. The maximum absolute atomic E-state index is 11.9. The number of amides is 1. The lowest BCUT2D eigenvalue weighted by Gasteiger charge is -2.09. The number of carbonyl (C=O) groups excluding carboxylic acids is 1. The third kappa shape index (κ3) is 3.49. The van der Waals surface area contributed by atoms with Crippen molar-refractivity contribution >= 4 is 23.5 Å². The van der Waals surface area contributed by atoms with Crippen molar-refractivity contribution in [2.24, 2.45) is 5.73 Å². The van der Waals surface area contributed by atoms with Gasteiger partial charge in [0.05, 0.1) is 11.8 Å². The molecule has 1 unspecified atom stereocenters. The molecule has 1 fully saturated rings. The zero-order valence-corrected chi connectivity index (χ0v) is 10.8. The van der Waals surface area contributed by atoms with Crippen LogP contribution in [0.15, 0.2) is 18.2 Å². The largest absolute Gasteiger partial charge is 0.320 e. The highest BCUT2D eigenvalue weighted by molar-refractivity contribution is 8.00. The third-order valence-corrected chi connectivity index (χ3v) is 3.92. The average molecular weight is 261 g/mol. The van der Waals surface area contributed by atoms with E-state index in [1.807, 2.05) is 6.07 Å². The normalized spacial score (nSPS) is 17.9. The van der Waals surface area contributed by atoms with Gasteiger partial charge in [0.15, 0.2) is 0 Å². The standard InChI is InChI=1S/C13H15N3OS/c14-8-2-5-10-4-1-7-12(15-10)16-13(17)11-6-3-9-18-11/h1,4,7,11H,3,6,8-9,14H2,(H,15,16,17). The van der Waals surface area contributed by atoms with E-state index in [1.54, 1.807) is 23.9 Å². The van der Waals surface area contributed by atoms with Crippen molar-refractivity contribution in [3.63, 3.8) is 0 Å². The topological polar surface area (TPSA) is 68.0 Å². The number of anilines is 1. The van der Waals surface area contributed by atoms with E-state index in [1.165, 1.54) is 0 Å². The van der Waals surface area contributed by atoms with E-state index >= 15 is 0 Å². The number of pyridine rings is 1. The maximum Gasteiger partial charge on any atom is 0.238 e. The van der Waals surface area contributed by atoms with Gasteiger partial charge in [-0.25, -0.2) is 4.98 Å². The molecule has 5 heteroatoms. The van der Waals surface area contributed by atoms with Gasteiger partial charge in [0.25, 0.3) is 0 Å². The SMILES string of the molecule is NCC#Cc1cccc(NC(=O)C2CCCS2)n1. The van der Waals surface area contributed by atoms with Gasteiger partial charge in [0, 0.05) is 0 Å². The van der Waals surface area contributed by atoms with Crippen LogP contribution in [0.1, 0.15) is 18.5 Å². The second-order valence-corrected chi connectivity index (χ2v) is 5.22. The number of hydrogen-bond donors (Lipinski definition) is 2. The molecule has 1 saturated heterocycles. The zero-order valence-electron chi connectivity index (χ0n) is 9.98. The van der Waals surface area contributed by atoms with Crippen molar-refractivity contribution in [2.45, 2.75) is 18.1 Å². The Kier molecular flexibility index (Phi) is 4.62. The third-order valence-electron chi connectivity index (χ3n) is 2.54. The fourth-order valence-electron chi connectivity index (χ4n) is 1.71. The number of nitrogens with two attached hydrogens (primary N) is 1. The summed E-state index contributed by atoms with van der Waals surface area (Å²) in [6, 6.07) is 5.39. The monoisotopic (exact) mass is 261 g/mol. The average Bonchev–Trinajstić information content (AvgIpc) is 2.91. The molecule has 4 nitrogen and oxygen atoms in total. The molecule has 1 aromatic heterocycles. The lowest BCUT2D eigenvalue weighted by molar-refractivity contribution is -0.115. The summed E-state index contributed by atoms with van der Waals surface area (Å²) < 4.78 is 0. The number of thioether (sulfide) groups is 1. The molecule has 0 bridgehead atoms. The highest BCUT2D eigenvalue weighted by Crippen LogP contribution is 2.26. The summed E-state index contributed by atoms with van der Waals surface area (Å²) >= 11 is 1.70. The molecule has 2 rings (SSSR count). The molecule has 1 aromatic rings. The Balaban J connectivity index is 2.02. The summed E-state index contributed by atoms with van der Waals surface area (Å²) in [5, 5.41) is 2.89. The molecule has 0 spiro atoms. The minimum Gasteiger partial charge on any atom is -0.320 e. The molecule has 1 aliphatic heterocycles. The van der Waals surface area contributed by atoms with Crippen LogP contribution < -0.4 is 11.1 Å². The number of nitrogens with zero attached hydrogens (tertiary/aromatic N) is 1. The molecule has 1 amide bonds. The van der Waals surface area contributed by atoms with Gasteiger partial charge in [-0.05, 0) is 36.6 Å². The summed E-state index contributed by atoms with van der Waals surface area (Å²) in [6.45, 7) is 0.303. The molecule has 18 heavy (non-hydrogen) atoms. The Morgan fingerprint density at radius 3 is 3.22 bits per heavy atom. The molecule has 1 aliphatic rings. The number of rotatable bonds is 2. The lowest BCUT2D eigenvalue weighted by atomic mass is 10.2. The van der Waals surface area contributed by atoms with Crippen LogP contribution in [0.4, 0.5) is 5.82 Å². The van der Waals surface area contributed by atoms with Crippen molar-refractivity contribution in [1.82, 2.24) is 4.98 Å². The molecule has 0 aromatic carbocycles. The highest BCUT2D eigenvalue weighted by atomic mass is 32.2. The first-order valence-electron chi connectivity index (χ1n) is 5.88. The predicted molar refractivity (Wildman–Crippen MR) is 74.3 cm³/mol. The summed E-state index contributed by atoms with van der Waals surface area (Å²) in [5.74, 6) is 7.23. The fourth-order valence-corrected chi connectivity index (χ4v) is 2.87. The second kappa shape index (κ2) is 6.43. The Hall–Kier alpha value is -1.51. The summed E-state index contributed by atoms with van der Waals surface area (Å²) in [7, 11) is 0. The van der Waals surface area contributed by atoms with Gasteiger partial charge in [0.1, 0.15) is 11.5 Å². The molecule has 1 atom stereocenters. The molecular formula is C13H15N3OS. The Labute approximate surface area is 111 Å². The molecule has 2 heterocycles. The fraction of sp³-hybridized carbons (Fsp3) is 0.385. The summed E-state index contributed by atoms with van der Waals surface area (Å²) in [6.07, 6.45) is 2.06. The molecule has 94 valence electrons. The van der Waals surface area contributed by atoms with Gasteiger partial charge < -0.3 is 11.1 Å². The van der Waals surface area contributed by atoms with Crippen molar-refractivity contribution in [3.8, 4) is 11.8 Å². The molecule has 0 saturated carbocycles. The van der Waals surface area contributed by atoms with Crippen LogP contribution in [0.3, 0.4) is 0 Å². The Morgan fingerprint density at radius 1 is 1.61 bits per heavy atom. The highest BCUT2D eigenvalue weighted by Gasteiger charge is 2.23. The summed E-state index contributed by atoms with van der Waals surface area (Å²) in [4.78, 5) is 16.2. The Bertz CT molecular complexity index is 486. The van der Waals surface area contributed by atoms with Gasteiger partial charge in [0.2, 0.25) is 5.91 Å². The van der Waals surface area contributed by atoms with Crippen molar-refractivity contribution in [2.75, 3.05) is 17.6 Å². The smallest absolute Gasteiger partial charge is 0.238 e. The first kappa shape index (κ1) is 12.9. The van der Waals surface area contributed by atoms with E-state index in [-0.39, 0.29) is 11.2 Å². The first-order chi connectivity index (χ1) is 8.79. The molecular weight excluding hydrogens is 246 g/mol. The van der Waals surface area contributed by atoms with Crippen LogP contribution in [-0.2, 0) is 4.79 Å². The van der Waals surface area contributed by atoms with Crippen molar-refractivity contribution in [3.05, 3.63) is 23.9 Å². The van der Waals surface area contributed by atoms with Crippen molar-refractivity contribution in [1.29, 1.82) is 0 Å². The van der Waals surface area contributed by atoms with E-state index in [9.17, 15) is 4.79 Å². The van der Waals surface area contributed by atoms with Crippen LogP contribution in [0.5, 0.6) is 0 Å². The van der Waals surface area contributed by atoms with E-state index in [0.29, 0.717) is 18.1 Å². The molecule has 0 radical (unpaired) electrons. The van der Waals surface area contributed by atoms with E-state index in [0.717, 1.165) is 18.6 Å². The van der Waals surface area contributed by atoms with E-state index in [2.05, 4.69) is 22.1 Å². The quantitative estimate of drug-likeness (QED) is 0.786. The second-order valence-electron chi connectivity index (χ2n) is 3.90. The van der Waals surface area contributed by atoms with Gasteiger partial charge in [-0.1, -0.05) is 12.0 Å². The van der Waals surface area contributed by atoms with Crippen LogP contribution >= 0.6 is 11.8 Å². The predicted octanol–water partition coefficient (Wildman–Crippen LogP) is 1.23. The lowest BCUT2D eigenvalue weighted by Crippen LogP contribution is -2.23. The van der Waals surface area contributed by atoms with Gasteiger partial charge >= 0.3 is 0 Å².